The SMILES string of the molecule is CC(C)(C)C(=O)N1C(=O)C=C[C@H]1CCc1ccc(-c2ccccc2)cc1. The van der Waals surface area contributed by atoms with Crippen molar-refractivity contribution in [2.24, 2.45) is 5.41 Å². The smallest absolute Gasteiger partial charge is 0.253 e. The molecule has 1 heterocycles. The average molecular weight is 347 g/mol. The van der Waals surface area contributed by atoms with Crippen molar-refractivity contribution in [3.05, 3.63) is 72.3 Å². The predicted molar refractivity (Wildman–Crippen MR) is 104 cm³/mol. The molecule has 2 aromatic carbocycles. The van der Waals surface area contributed by atoms with E-state index in [2.05, 4.69) is 36.4 Å². The normalized spacial score (nSPS) is 17.0. The molecule has 134 valence electrons. The molecule has 2 aromatic rings. The van der Waals surface area contributed by atoms with E-state index in [0.29, 0.717) is 0 Å². The van der Waals surface area contributed by atoms with E-state index in [1.807, 2.05) is 45.0 Å². The van der Waals surface area contributed by atoms with E-state index >= 15 is 0 Å². The Morgan fingerprint density at radius 3 is 2.19 bits per heavy atom. The Balaban J connectivity index is 1.66. The van der Waals surface area contributed by atoms with E-state index < -0.39 is 5.41 Å². The summed E-state index contributed by atoms with van der Waals surface area (Å²) in [4.78, 5) is 26.1. The fraction of sp³-hybridized carbons (Fsp3) is 0.304. The number of hydrogen-bond donors (Lipinski definition) is 0. The largest absolute Gasteiger partial charge is 0.274 e. The molecule has 0 bridgehead atoms. The zero-order valence-electron chi connectivity index (χ0n) is 15.6. The van der Waals surface area contributed by atoms with Gasteiger partial charge in [-0.3, -0.25) is 14.5 Å². The first kappa shape index (κ1) is 18.1. The Labute approximate surface area is 155 Å². The number of carbonyl (C=O) groups is 2. The van der Waals surface area contributed by atoms with Gasteiger partial charge in [-0.05, 0) is 29.5 Å². The first-order valence-electron chi connectivity index (χ1n) is 9.06. The van der Waals surface area contributed by atoms with Crippen LogP contribution >= 0.6 is 0 Å². The highest BCUT2D eigenvalue weighted by molar-refractivity contribution is 6.05. The second kappa shape index (κ2) is 7.28. The van der Waals surface area contributed by atoms with Crippen LogP contribution in [0, 0.1) is 5.41 Å². The lowest BCUT2D eigenvalue weighted by Gasteiger charge is -2.29. The van der Waals surface area contributed by atoms with Gasteiger partial charge in [0.1, 0.15) is 0 Å². The Morgan fingerprint density at radius 2 is 1.58 bits per heavy atom. The quantitative estimate of drug-likeness (QED) is 0.809. The summed E-state index contributed by atoms with van der Waals surface area (Å²) in [5.41, 5.74) is 3.04. The highest BCUT2D eigenvalue weighted by atomic mass is 16.2. The summed E-state index contributed by atoms with van der Waals surface area (Å²) in [5, 5.41) is 0. The lowest BCUT2D eigenvalue weighted by Crippen LogP contribution is -2.45. The molecular weight excluding hydrogens is 322 g/mol. The first-order chi connectivity index (χ1) is 12.4. The monoisotopic (exact) mass is 347 g/mol. The van der Waals surface area contributed by atoms with Gasteiger partial charge in [-0.1, -0.05) is 81.4 Å². The van der Waals surface area contributed by atoms with Crippen LogP contribution in [-0.2, 0) is 16.0 Å². The van der Waals surface area contributed by atoms with Crippen molar-refractivity contribution in [1.82, 2.24) is 4.90 Å². The number of nitrogens with zero attached hydrogens (tertiary/aromatic N) is 1. The zero-order chi connectivity index (χ0) is 18.7. The van der Waals surface area contributed by atoms with Crippen LogP contribution in [-0.4, -0.2) is 22.8 Å². The van der Waals surface area contributed by atoms with Gasteiger partial charge in [-0.15, -0.1) is 0 Å². The van der Waals surface area contributed by atoms with Gasteiger partial charge in [0.2, 0.25) is 5.91 Å². The summed E-state index contributed by atoms with van der Waals surface area (Å²) in [6, 6.07) is 18.6. The molecule has 0 aromatic heterocycles. The molecule has 0 spiro atoms. The van der Waals surface area contributed by atoms with Crippen molar-refractivity contribution in [2.75, 3.05) is 0 Å². The molecular formula is C23H25NO2. The van der Waals surface area contributed by atoms with Gasteiger partial charge in [-0.2, -0.15) is 0 Å². The third kappa shape index (κ3) is 3.93. The van der Waals surface area contributed by atoms with E-state index in [0.717, 1.165) is 12.8 Å². The van der Waals surface area contributed by atoms with Crippen LogP contribution in [0.25, 0.3) is 11.1 Å². The number of hydrogen-bond acceptors (Lipinski definition) is 2. The third-order valence-electron chi connectivity index (χ3n) is 4.68. The van der Waals surface area contributed by atoms with Crippen LogP contribution in [0.15, 0.2) is 66.7 Å². The van der Waals surface area contributed by atoms with Crippen molar-refractivity contribution in [2.45, 2.75) is 39.7 Å². The molecule has 0 N–H and O–H groups in total. The Hall–Kier alpha value is -2.68. The molecule has 0 fully saturated rings. The summed E-state index contributed by atoms with van der Waals surface area (Å²) in [6.45, 7) is 5.54. The molecule has 1 atom stereocenters. The van der Waals surface area contributed by atoms with Gasteiger partial charge in [-0.25, -0.2) is 0 Å². The predicted octanol–water partition coefficient (Wildman–Crippen LogP) is 4.63. The Bertz CT molecular complexity index is 814. The van der Waals surface area contributed by atoms with E-state index in [4.69, 9.17) is 0 Å². The fourth-order valence-corrected chi connectivity index (χ4v) is 3.17. The molecule has 3 nitrogen and oxygen atoms in total. The molecule has 1 aliphatic rings. The maximum atomic E-state index is 12.6. The van der Waals surface area contributed by atoms with Crippen molar-refractivity contribution in [3.8, 4) is 11.1 Å². The molecule has 0 radical (unpaired) electrons. The molecule has 0 saturated carbocycles. The van der Waals surface area contributed by atoms with Gasteiger partial charge in [0, 0.05) is 11.5 Å². The van der Waals surface area contributed by atoms with Crippen LogP contribution in [0.3, 0.4) is 0 Å². The van der Waals surface area contributed by atoms with E-state index in [1.54, 1.807) is 0 Å². The highest BCUT2D eigenvalue weighted by Crippen LogP contribution is 2.26. The lowest BCUT2D eigenvalue weighted by molar-refractivity contribution is -0.148. The van der Waals surface area contributed by atoms with Crippen molar-refractivity contribution in [3.63, 3.8) is 0 Å². The molecule has 0 aliphatic carbocycles. The maximum Gasteiger partial charge on any atom is 0.253 e. The summed E-state index contributed by atoms with van der Waals surface area (Å²) in [5.74, 6) is -0.314. The van der Waals surface area contributed by atoms with E-state index in [1.165, 1.54) is 27.7 Å². The minimum atomic E-state index is -0.558. The fourth-order valence-electron chi connectivity index (χ4n) is 3.17. The lowest BCUT2D eigenvalue weighted by atomic mass is 9.93. The maximum absolute atomic E-state index is 12.6. The number of carbonyl (C=O) groups excluding carboxylic acids is 2. The average Bonchev–Trinajstić information content (AvgIpc) is 3.00. The van der Waals surface area contributed by atoms with Gasteiger partial charge in [0.25, 0.3) is 5.91 Å². The van der Waals surface area contributed by atoms with Crippen LogP contribution in [0.4, 0.5) is 0 Å². The minimum absolute atomic E-state index is 0.114. The van der Waals surface area contributed by atoms with Crippen LogP contribution in [0.5, 0.6) is 0 Å². The topological polar surface area (TPSA) is 37.4 Å². The van der Waals surface area contributed by atoms with Crippen LogP contribution in [0.2, 0.25) is 0 Å². The summed E-state index contributed by atoms with van der Waals surface area (Å²) in [6.07, 6.45) is 4.94. The second-order valence-electron chi connectivity index (χ2n) is 7.79. The number of imide groups is 1. The van der Waals surface area contributed by atoms with E-state index in [9.17, 15) is 9.59 Å². The number of amides is 2. The molecule has 2 amide bonds. The molecule has 0 unspecified atom stereocenters. The van der Waals surface area contributed by atoms with Crippen LogP contribution in [0.1, 0.15) is 32.8 Å². The van der Waals surface area contributed by atoms with Gasteiger partial charge < -0.3 is 0 Å². The van der Waals surface area contributed by atoms with Gasteiger partial charge in [0.15, 0.2) is 0 Å². The van der Waals surface area contributed by atoms with Crippen LogP contribution < -0.4 is 0 Å². The third-order valence-corrected chi connectivity index (χ3v) is 4.68. The number of aryl methyl sites for hydroxylation is 1. The summed E-state index contributed by atoms with van der Waals surface area (Å²) >= 11 is 0. The highest BCUT2D eigenvalue weighted by Gasteiger charge is 2.37. The molecule has 1 aliphatic heterocycles. The number of benzene rings is 2. The summed E-state index contributed by atoms with van der Waals surface area (Å²) < 4.78 is 0. The standard InChI is InChI=1S/C23H25NO2/c1-23(2,3)22(26)24-20(15-16-21(24)25)14-11-17-9-12-19(13-10-17)18-7-5-4-6-8-18/h4-10,12-13,15-16,20H,11,14H2,1-3H3/t20-/m1/s1. The minimum Gasteiger partial charge on any atom is -0.274 e. The first-order valence-corrected chi connectivity index (χ1v) is 9.06. The Kier molecular flexibility index (Phi) is 5.08. The second-order valence-corrected chi connectivity index (χ2v) is 7.79. The van der Waals surface area contributed by atoms with Gasteiger partial charge >= 0.3 is 0 Å². The van der Waals surface area contributed by atoms with Crippen molar-refractivity contribution in [1.29, 1.82) is 0 Å². The Morgan fingerprint density at radius 1 is 0.962 bits per heavy atom. The molecule has 3 rings (SSSR count). The molecule has 26 heavy (non-hydrogen) atoms. The summed E-state index contributed by atoms with van der Waals surface area (Å²) in [7, 11) is 0. The van der Waals surface area contributed by atoms with Crippen molar-refractivity contribution >= 4 is 11.8 Å². The molecule has 0 saturated heterocycles. The van der Waals surface area contributed by atoms with E-state index in [-0.39, 0.29) is 17.9 Å². The van der Waals surface area contributed by atoms with Crippen molar-refractivity contribution < 1.29 is 9.59 Å². The van der Waals surface area contributed by atoms with Gasteiger partial charge in [0.05, 0.1) is 6.04 Å². The molecule has 3 heteroatoms. The zero-order valence-corrected chi connectivity index (χ0v) is 15.6. The number of rotatable bonds is 4.